The van der Waals surface area contributed by atoms with Gasteiger partial charge in [-0.25, -0.2) is 10.1 Å². The van der Waals surface area contributed by atoms with Gasteiger partial charge < -0.3 is 0 Å². The van der Waals surface area contributed by atoms with E-state index in [2.05, 4.69) is 20.8 Å². The van der Waals surface area contributed by atoms with Gasteiger partial charge in [0, 0.05) is 0 Å². The molecule has 0 fully saturated rings. The number of fused-ring (bicyclic) bond motifs is 1. The fraction of sp³-hybridized carbons (Fsp3) is 0.125. The van der Waals surface area contributed by atoms with Crippen LogP contribution >= 0.6 is 0 Å². The molecule has 0 bridgehead atoms. The van der Waals surface area contributed by atoms with Crippen LogP contribution in [-0.4, -0.2) is 26.6 Å². The van der Waals surface area contributed by atoms with Gasteiger partial charge in [0.2, 0.25) is 0 Å². The normalized spacial score (nSPS) is 11.6. The van der Waals surface area contributed by atoms with Gasteiger partial charge in [-0.3, -0.25) is 4.79 Å². The lowest BCUT2D eigenvalue weighted by molar-refractivity contribution is -0.121. The van der Waals surface area contributed by atoms with Crippen molar-refractivity contribution in [2.75, 3.05) is 0 Å². The van der Waals surface area contributed by atoms with Crippen molar-refractivity contribution in [2.24, 2.45) is 5.10 Å². The first-order valence-electron chi connectivity index (χ1n) is 6.91. The van der Waals surface area contributed by atoms with Gasteiger partial charge in [-0.1, -0.05) is 47.7 Å². The molecule has 3 rings (SSSR count). The summed E-state index contributed by atoms with van der Waals surface area (Å²) in [5.74, 6) is -0.245. The minimum atomic E-state index is -0.245. The van der Waals surface area contributed by atoms with E-state index in [0.29, 0.717) is 0 Å². The van der Waals surface area contributed by atoms with Crippen molar-refractivity contribution in [1.29, 1.82) is 0 Å². The fourth-order valence-corrected chi connectivity index (χ4v) is 2.10. The standard InChI is InChI=1S/C16H15N5O/c1-12(13-7-3-2-4-8-13)17-19-16(22)11-21-15-10-6-5-9-14(15)18-20-21/h2-10H,11H2,1H3,(H,19,22). The van der Waals surface area contributed by atoms with Gasteiger partial charge in [0.25, 0.3) is 5.91 Å². The number of nitrogens with zero attached hydrogens (tertiary/aromatic N) is 4. The molecule has 1 aromatic heterocycles. The SMILES string of the molecule is CC(=NNC(=O)Cn1nnc2ccccc21)c1ccccc1. The molecule has 22 heavy (non-hydrogen) atoms. The summed E-state index contributed by atoms with van der Waals surface area (Å²) in [5.41, 5.74) is 5.84. The van der Waals surface area contributed by atoms with E-state index in [1.165, 1.54) is 0 Å². The maximum Gasteiger partial charge on any atom is 0.261 e. The highest BCUT2D eigenvalue weighted by atomic mass is 16.2. The molecular weight excluding hydrogens is 278 g/mol. The minimum absolute atomic E-state index is 0.0755. The fourth-order valence-electron chi connectivity index (χ4n) is 2.10. The van der Waals surface area contributed by atoms with E-state index >= 15 is 0 Å². The molecule has 2 aromatic carbocycles. The van der Waals surface area contributed by atoms with Crippen molar-refractivity contribution in [3.8, 4) is 0 Å². The number of carbonyl (C=O) groups is 1. The molecule has 1 amide bonds. The van der Waals surface area contributed by atoms with Crippen LogP contribution < -0.4 is 5.43 Å². The molecule has 0 aliphatic heterocycles. The lowest BCUT2D eigenvalue weighted by Crippen LogP contribution is -2.24. The Balaban J connectivity index is 1.68. The molecule has 6 heteroatoms. The third-order valence-electron chi connectivity index (χ3n) is 3.25. The molecular formula is C16H15N5O. The van der Waals surface area contributed by atoms with Crippen LogP contribution in [0, 0.1) is 0 Å². The van der Waals surface area contributed by atoms with Crippen molar-refractivity contribution >= 4 is 22.7 Å². The first-order chi connectivity index (χ1) is 10.7. The summed E-state index contributed by atoms with van der Waals surface area (Å²) in [4.78, 5) is 12.0. The van der Waals surface area contributed by atoms with E-state index in [4.69, 9.17) is 0 Å². The van der Waals surface area contributed by atoms with Gasteiger partial charge in [0.15, 0.2) is 0 Å². The average molecular weight is 293 g/mol. The Labute approximate surface area is 127 Å². The maximum absolute atomic E-state index is 12.0. The van der Waals surface area contributed by atoms with Crippen LogP contribution in [0.3, 0.4) is 0 Å². The molecule has 0 aliphatic rings. The Bertz CT molecular complexity index is 823. The topological polar surface area (TPSA) is 72.2 Å². The summed E-state index contributed by atoms with van der Waals surface area (Å²) in [5, 5.41) is 12.1. The Hall–Kier alpha value is -3.02. The Kier molecular flexibility index (Phi) is 3.91. The van der Waals surface area contributed by atoms with E-state index in [9.17, 15) is 4.79 Å². The van der Waals surface area contributed by atoms with Crippen LogP contribution in [0.4, 0.5) is 0 Å². The van der Waals surface area contributed by atoms with E-state index in [1.54, 1.807) is 4.68 Å². The molecule has 0 aliphatic carbocycles. The van der Waals surface area contributed by atoms with Gasteiger partial charge in [0.1, 0.15) is 12.1 Å². The summed E-state index contributed by atoms with van der Waals surface area (Å²) in [6, 6.07) is 17.2. The predicted molar refractivity (Wildman–Crippen MR) is 84.3 cm³/mol. The zero-order valence-corrected chi connectivity index (χ0v) is 12.1. The highest BCUT2D eigenvalue weighted by molar-refractivity contribution is 5.99. The number of benzene rings is 2. The van der Waals surface area contributed by atoms with Crippen molar-refractivity contribution in [2.45, 2.75) is 13.5 Å². The van der Waals surface area contributed by atoms with E-state index in [1.807, 2.05) is 61.5 Å². The number of amides is 1. The summed E-state index contributed by atoms with van der Waals surface area (Å²) in [6.45, 7) is 1.92. The highest BCUT2D eigenvalue weighted by Crippen LogP contribution is 2.09. The van der Waals surface area contributed by atoms with Gasteiger partial charge in [-0.15, -0.1) is 5.10 Å². The van der Waals surface area contributed by atoms with Crippen molar-refractivity contribution in [1.82, 2.24) is 20.4 Å². The smallest absolute Gasteiger partial charge is 0.261 e. The van der Waals surface area contributed by atoms with Gasteiger partial charge in [-0.2, -0.15) is 5.10 Å². The molecule has 0 spiro atoms. The second-order valence-corrected chi connectivity index (χ2v) is 4.83. The predicted octanol–water partition coefficient (Wildman–Crippen LogP) is 1.97. The maximum atomic E-state index is 12.0. The number of aromatic nitrogens is 3. The first-order valence-corrected chi connectivity index (χ1v) is 6.91. The number of rotatable bonds is 4. The Morgan fingerprint density at radius 1 is 1.14 bits per heavy atom. The summed E-state index contributed by atoms with van der Waals surface area (Å²) in [6.07, 6.45) is 0. The molecule has 0 saturated heterocycles. The first kappa shape index (κ1) is 13.9. The average Bonchev–Trinajstić information content (AvgIpc) is 2.97. The van der Waals surface area contributed by atoms with Crippen LogP contribution in [0.1, 0.15) is 12.5 Å². The Morgan fingerprint density at radius 3 is 2.68 bits per heavy atom. The Morgan fingerprint density at radius 2 is 1.86 bits per heavy atom. The van der Waals surface area contributed by atoms with E-state index < -0.39 is 0 Å². The van der Waals surface area contributed by atoms with Crippen LogP contribution in [0.25, 0.3) is 11.0 Å². The van der Waals surface area contributed by atoms with Crippen molar-refractivity contribution in [3.05, 3.63) is 60.2 Å². The molecule has 0 unspecified atom stereocenters. The second kappa shape index (κ2) is 6.17. The molecule has 0 radical (unpaired) electrons. The summed E-state index contributed by atoms with van der Waals surface area (Å²) in [7, 11) is 0. The number of hydrogen-bond acceptors (Lipinski definition) is 4. The summed E-state index contributed by atoms with van der Waals surface area (Å²) >= 11 is 0. The monoisotopic (exact) mass is 293 g/mol. The quantitative estimate of drug-likeness (QED) is 0.590. The molecule has 3 aromatic rings. The van der Waals surface area contributed by atoms with E-state index in [-0.39, 0.29) is 12.5 Å². The molecule has 0 saturated carbocycles. The number of nitrogens with one attached hydrogen (secondary N) is 1. The zero-order chi connectivity index (χ0) is 15.4. The number of carbonyl (C=O) groups excluding carboxylic acids is 1. The van der Waals surface area contributed by atoms with E-state index in [0.717, 1.165) is 22.3 Å². The zero-order valence-electron chi connectivity index (χ0n) is 12.1. The molecule has 6 nitrogen and oxygen atoms in total. The van der Waals surface area contributed by atoms with Crippen LogP contribution in [-0.2, 0) is 11.3 Å². The highest BCUT2D eigenvalue weighted by Gasteiger charge is 2.08. The van der Waals surface area contributed by atoms with Crippen LogP contribution in [0.2, 0.25) is 0 Å². The lowest BCUT2D eigenvalue weighted by atomic mass is 10.1. The number of para-hydroxylation sites is 1. The second-order valence-electron chi connectivity index (χ2n) is 4.83. The van der Waals surface area contributed by atoms with Crippen molar-refractivity contribution < 1.29 is 4.79 Å². The number of hydrazone groups is 1. The van der Waals surface area contributed by atoms with Crippen LogP contribution in [0.5, 0.6) is 0 Å². The third-order valence-corrected chi connectivity index (χ3v) is 3.25. The third kappa shape index (κ3) is 3.01. The number of hydrogen-bond donors (Lipinski definition) is 1. The minimum Gasteiger partial charge on any atom is -0.271 e. The van der Waals surface area contributed by atoms with Gasteiger partial charge >= 0.3 is 0 Å². The van der Waals surface area contributed by atoms with Crippen molar-refractivity contribution in [3.63, 3.8) is 0 Å². The molecule has 110 valence electrons. The molecule has 1 N–H and O–H groups in total. The molecule has 1 heterocycles. The lowest BCUT2D eigenvalue weighted by Gasteiger charge is -2.03. The van der Waals surface area contributed by atoms with Gasteiger partial charge in [0.05, 0.1) is 11.2 Å². The van der Waals surface area contributed by atoms with Crippen LogP contribution in [0.15, 0.2) is 59.7 Å². The molecule has 0 atom stereocenters. The van der Waals surface area contributed by atoms with Gasteiger partial charge in [-0.05, 0) is 24.6 Å². The largest absolute Gasteiger partial charge is 0.271 e. The summed E-state index contributed by atoms with van der Waals surface area (Å²) < 4.78 is 1.55.